The molecule has 0 bridgehead atoms. The zero-order valence-electron chi connectivity index (χ0n) is 15.6. The van der Waals surface area contributed by atoms with E-state index in [1.165, 1.54) is 79.2 Å². The molecule has 3 rings (SSSR count). The average Bonchev–Trinajstić information content (AvgIpc) is 2.94. The third-order valence-electron chi connectivity index (χ3n) is 5.28. The number of phenolic OH excluding ortho intramolecular Hbond substituents is 1. The zero-order valence-corrected chi connectivity index (χ0v) is 15.6. The highest BCUT2D eigenvalue weighted by Gasteiger charge is 2.25. The van der Waals surface area contributed by atoms with Crippen molar-refractivity contribution in [1.29, 1.82) is 0 Å². The van der Waals surface area contributed by atoms with Crippen molar-refractivity contribution >= 4 is 5.57 Å². The number of fused-ring (bicyclic) bond motifs is 3. The molecule has 1 aliphatic rings. The van der Waals surface area contributed by atoms with E-state index >= 15 is 0 Å². The lowest BCUT2D eigenvalue weighted by Crippen LogP contribution is -1.94. The first-order valence-electron chi connectivity index (χ1n) is 9.91. The van der Waals surface area contributed by atoms with Crippen LogP contribution in [0.2, 0.25) is 0 Å². The summed E-state index contributed by atoms with van der Waals surface area (Å²) in [7, 11) is 0. The van der Waals surface area contributed by atoms with Gasteiger partial charge in [0.15, 0.2) is 0 Å². The van der Waals surface area contributed by atoms with Gasteiger partial charge in [0, 0.05) is 0 Å². The Morgan fingerprint density at radius 2 is 1.32 bits per heavy atom. The van der Waals surface area contributed by atoms with Crippen LogP contribution in [0, 0.1) is 0 Å². The summed E-state index contributed by atoms with van der Waals surface area (Å²) < 4.78 is 0. The maximum atomic E-state index is 10.1. The van der Waals surface area contributed by atoms with Crippen molar-refractivity contribution in [2.45, 2.75) is 65.2 Å². The molecule has 0 aliphatic heterocycles. The minimum atomic E-state index is 0.366. The van der Waals surface area contributed by atoms with Crippen molar-refractivity contribution in [3.8, 4) is 16.9 Å². The first kappa shape index (κ1) is 17.8. The van der Waals surface area contributed by atoms with Crippen LogP contribution in [0.5, 0.6) is 5.75 Å². The molecule has 1 N–H and O–H groups in total. The van der Waals surface area contributed by atoms with Crippen LogP contribution in [-0.2, 0) is 0 Å². The summed E-state index contributed by atoms with van der Waals surface area (Å²) in [5, 5.41) is 10.1. The van der Waals surface area contributed by atoms with Crippen molar-refractivity contribution in [1.82, 2.24) is 0 Å². The van der Waals surface area contributed by atoms with Gasteiger partial charge in [-0.15, -0.1) is 0 Å². The first-order chi connectivity index (χ1) is 12.3. The van der Waals surface area contributed by atoms with E-state index in [1.54, 1.807) is 5.57 Å². The number of rotatable bonds is 8. The minimum Gasteiger partial charge on any atom is -0.508 e. The molecule has 1 aliphatic carbocycles. The summed E-state index contributed by atoms with van der Waals surface area (Å²) >= 11 is 0. The number of benzene rings is 2. The van der Waals surface area contributed by atoms with Gasteiger partial charge < -0.3 is 5.11 Å². The van der Waals surface area contributed by atoms with E-state index in [4.69, 9.17) is 0 Å². The average molecular weight is 335 g/mol. The molecule has 2 aromatic rings. The molecule has 0 radical (unpaired) electrons. The first-order valence-corrected chi connectivity index (χ1v) is 9.91. The van der Waals surface area contributed by atoms with Gasteiger partial charge in [0.1, 0.15) is 5.75 Å². The second kappa shape index (κ2) is 8.38. The Hall–Kier alpha value is -2.02. The number of phenols is 1. The van der Waals surface area contributed by atoms with Crippen LogP contribution in [-0.4, -0.2) is 5.11 Å². The molecule has 0 spiro atoms. The quantitative estimate of drug-likeness (QED) is 0.427. The third kappa shape index (κ3) is 3.81. The lowest BCUT2D eigenvalue weighted by Gasteiger charge is -2.14. The van der Waals surface area contributed by atoms with Gasteiger partial charge in [0.2, 0.25) is 0 Å². The molecule has 2 aromatic carbocycles. The lowest BCUT2D eigenvalue weighted by molar-refractivity contribution is 0.475. The van der Waals surface area contributed by atoms with Gasteiger partial charge in [-0.3, -0.25) is 0 Å². The fourth-order valence-electron chi connectivity index (χ4n) is 3.99. The number of hydrogen-bond donors (Lipinski definition) is 1. The van der Waals surface area contributed by atoms with E-state index in [9.17, 15) is 5.11 Å². The molecule has 1 nitrogen and oxygen atoms in total. The predicted octanol–water partition coefficient (Wildman–Crippen LogP) is 7.34. The molecular formula is C24H30O. The highest BCUT2D eigenvalue weighted by Crippen LogP contribution is 2.48. The molecule has 0 amide bonds. The summed E-state index contributed by atoms with van der Waals surface area (Å²) in [6, 6.07) is 14.6. The monoisotopic (exact) mass is 334 g/mol. The molecule has 0 aromatic heterocycles. The van der Waals surface area contributed by atoms with E-state index in [1.807, 2.05) is 12.1 Å². The van der Waals surface area contributed by atoms with Crippen molar-refractivity contribution in [3.05, 3.63) is 59.2 Å². The van der Waals surface area contributed by atoms with E-state index in [2.05, 4.69) is 44.2 Å². The second-order valence-electron chi connectivity index (χ2n) is 7.17. The largest absolute Gasteiger partial charge is 0.508 e. The van der Waals surface area contributed by atoms with Crippen molar-refractivity contribution < 1.29 is 5.11 Å². The number of hydrogen-bond acceptors (Lipinski definition) is 1. The van der Waals surface area contributed by atoms with Crippen LogP contribution < -0.4 is 0 Å². The second-order valence-corrected chi connectivity index (χ2v) is 7.17. The van der Waals surface area contributed by atoms with Crippen molar-refractivity contribution in [2.75, 3.05) is 0 Å². The summed E-state index contributed by atoms with van der Waals surface area (Å²) in [5.41, 5.74) is 8.14. The Labute approximate surface area is 152 Å². The van der Waals surface area contributed by atoms with Crippen LogP contribution in [0.25, 0.3) is 16.7 Å². The Bertz CT molecular complexity index is 742. The van der Waals surface area contributed by atoms with Gasteiger partial charge in [-0.05, 0) is 65.6 Å². The molecule has 132 valence electrons. The van der Waals surface area contributed by atoms with Crippen LogP contribution in [0.4, 0.5) is 0 Å². The van der Waals surface area contributed by atoms with Gasteiger partial charge in [-0.2, -0.15) is 0 Å². The van der Waals surface area contributed by atoms with Crippen molar-refractivity contribution in [3.63, 3.8) is 0 Å². The molecular weight excluding hydrogens is 304 g/mol. The normalized spacial score (nSPS) is 12.2. The van der Waals surface area contributed by atoms with Crippen LogP contribution >= 0.6 is 0 Å². The van der Waals surface area contributed by atoms with Crippen LogP contribution in [0.15, 0.2) is 48.0 Å². The molecule has 0 heterocycles. The van der Waals surface area contributed by atoms with Gasteiger partial charge in [0.05, 0.1) is 0 Å². The number of allylic oxidation sites excluding steroid dienone is 1. The summed E-state index contributed by atoms with van der Waals surface area (Å²) in [6.07, 6.45) is 9.97. The molecule has 0 fully saturated rings. The zero-order chi connectivity index (χ0) is 17.6. The Morgan fingerprint density at radius 3 is 1.96 bits per heavy atom. The fourth-order valence-corrected chi connectivity index (χ4v) is 3.99. The smallest absolute Gasteiger partial charge is 0.116 e. The molecule has 0 saturated carbocycles. The SMILES string of the molecule is CCCCCC(CCCCC)=C1c2ccccc2-c2ccc(O)cc21. The predicted molar refractivity (Wildman–Crippen MR) is 108 cm³/mol. The summed E-state index contributed by atoms with van der Waals surface area (Å²) in [5.74, 6) is 0.366. The van der Waals surface area contributed by atoms with Gasteiger partial charge in [0.25, 0.3) is 0 Å². The Kier molecular flexibility index (Phi) is 5.96. The van der Waals surface area contributed by atoms with Crippen molar-refractivity contribution in [2.24, 2.45) is 0 Å². The maximum Gasteiger partial charge on any atom is 0.116 e. The molecule has 0 atom stereocenters. The van der Waals surface area contributed by atoms with Gasteiger partial charge in [-0.1, -0.05) is 75.4 Å². The fraction of sp³-hybridized carbons (Fsp3) is 0.417. The van der Waals surface area contributed by atoms with Crippen LogP contribution in [0.3, 0.4) is 0 Å². The Balaban J connectivity index is 2.08. The number of aromatic hydroxyl groups is 1. The standard InChI is InChI=1S/C24H30O/c1-3-5-7-11-18(12-8-6-4-2)24-22-14-10-9-13-20(22)21-16-15-19(25)17-23(21)24/h9-10,13-17,25H,3-8,11-12H2,1-2H3. The topological polar surface area (TPSA) is 20.2 Å². The molecule has 0 unspecified atom stereocenters. The summed E-state index contributed by atoms with van der Waals surface area (Å²) in [4.78, 5) is 0. The number of unbranched alkanes of at least 4 members (excludes halogenated alkanes) is 4. The third-order valence-corrected chi connectivity index (χ3v) is 5.28. The minimum absolute atomic E-state index is 0.366. The highest BCUT2D eigenvalue weighted by molar-refractivity contribution is 6.02. The van der Waals surface area contributed by atoms with Crippen LogP contribution in [0.1, 0.15) is 76.3 Å². The van der Waals surface area contributed by atoms with Gasteiger partial charge >= 0.3 is 0 Å². The van der Waals surface area contributed by atoms with E-state index in [-0.39, 0.29) is 0 Å². The van der Waals surface area contributed by atoms with E-state index in [0.717, 1.165) is 0 Å². The molecule has 25 heavy (non-hydrogen) atoms. The lowest BCUT2D eigenvalue weighted by atomic mass is 9.91. The Morgan fingerprint density at radius 1 is 0.720 bits per heavy atom. The van der Waals surface area contributed by atoms with E-state index in [0.29, 0.717) is 5.75 Å². The highest BCUT2D eigenvalue weighted by atomic mass is 16.3. The maximum absolute atomic E-state index is 10.1. The summed E-state index contributed by atoms with van der Waals surface area (Å²) in [6.45, 7) is 4.53. The van der Waals surface area contributed by atoms with E-state index < -0.39 is 0 Å². The molecule has 1 heteroatoms. The van der Waals surface area contributed by atoms with Gasteiger partial charge in [-0.25, -0.2) is 0 Å². The molecule has 0 saturated heterocycles.